The number of ether oxygens (including phenoxy) is 1. The topological polar surface area (TPSA) is 55.4 Å². The van der Waals surface area contributed by atoms with Gasteiger partial charge in [0.05, 0.1) is 6.04 Å². The summed E-state index contributed by atoms with van der Waals surface area (Å²) < 4.78 is 5.20. The van der Waals surface area contributed by atoms with Gasteiger partial charge in [0.1, 0.15) is 5.75 Å². The van der Waals surface area contributed by atoms with Crippen molar-refractivity contribution >= 4 is 11.9 Å². The molecule has 0 heterocycles. The van der Waals surface area contributed by atoms with Crippen molar-refractivity contribution in [3.63, 3.8) is 0 Å². The van der Waals surface area contributed by atoms with E-state index in [0.29, 0.717) is 11.3 Å². The quantitative estimate of drug-likeness (QED) is 0.870. The maximum atomic E-state index is 11.9. The second kappa shape index (κ2) is 6.70. The molecule has 0 fully saturated rings. The Kier molecular flexibility index (Phi) is 4.72. The number of hydrogen-bond donors (Lipinski definition) is 1. The number of carbonyl (C=O) groups excluding carboxylic acids is 2. The Morgan fingerprint density at radius 3 is 2.43 bits per heavy atom. The van der Waals surface area contributed by atoms with Crippen molar-refractivity contribution in [2.75, 3.05) is 0 Å². The number of ketones is 1. The van der Waals surface area contributed by atoms with Crippen molar-refractivity contribution in [1.82, 2.24) is 5.32 Å². The lowest BCUT2D eigenvalue weighted by Gasteiger charge is -2.14. The molecule has 0 aliphatic heterocycles. The van der Waals surface area contributed by atoms with Crippen LogP contribution in [0.5, 0.6) is 5.75 Å². The lowest BCUT2D eigenvalue weighted by Crippen LogP contribution is -2.29. The molecule has 2 rings (SSSR count). The molecule has 0 bridgehead atoms. The van der Waals surface area contributed by atoms with E-state index in [1.54, 1.807) is 24.3 Å². The highest BCUT2D eigenvalue weighted by molar-refractivity contribution is 5.94. The molecule has 2 aromatic rings. The number of hydrogen-bond acceptors (Lipinski definition) is 3. The van der Waals surface area contributed by atoms with Gasteiger partial charge in [0.2, 0.25) is 0 Å². The summed E-state index contributed by atoms with van der Waals surface area (Å²) in [6.45, 7) is 3.35. The van der Waals surface area contributed by atoms with Gasteiger partial charge in [-0.15, -0.1) is 0 Å². The zero-order valence-corrected chi connectivity index (χ0v) is 12.0. The highest BCUT2D eigenvalue weighted by Crippen LogP contribution is 2.15. The van der Waals surface area contributed by atoms with Crippen LogP contribution < -0.4 is 10.1 Å². The molecule has 0 aromatic heterocycles. The number of rotatable bonds is 4. The Morgan fingerprint density at radius 2 is 1.76 bits per heavy atom. The van der Waals surface area contributed by atoms with Crippen LogP contribution in [-0.4, -0.2) is 11.9 Å². The molecular weight excluding hydrogens is 266 g/mol. The minimum absolute atomic E-state index is 0.0708. The monoisotopic (exact) mass is 283 g/mol. The zero-order valence-electron chi connectivity index (χ0n) is 12.0. The SMILES string of the molecule is CC(=O)c1cccc(OC(=O)N[C@@H](C)c2ccccc2)c1. The number of amides is 1. The summed E-state index contributed by atoms with van der Waals surface area (Å²) in [6, 6.07) is 16.0. The lowest BCUT2D eigenvalue weighted by atomic mass is 10.1. The van der Waals surface area contributed by atoms with Crippen LogP contribution in [0.15, 0.2) is 54.6 Å². The first-order valence-electron chi connectivity index (χ1n) is 6.70. The molecule has 0 unspecified atom stereocenters. The van der Waals surface area contributed by atoms with Gasteiger partial charge < -0.3 is 10.1 Å². The molecule has 4 nitrogen and oxygen atoms in total. The van der Waals surface area contributed by atoms with Crippen molar-refractivity contribution in [3.8, 4) is 5.75 Å². The van der Waals surface area contributed by atoms with Gasteiger partial charge in [0.15, 0.2) is 5.78 Å². The third-order valence-electron chi connectivity index (χ3n) is 3.09. The average molecular weight is 283 g/mol. The van der Waals surface area contributed by atoms with Crippen molar-refractivity contribution in [2.45, 2.75) is 19.9 Å². The first-order valence-corrected chi connectivity index (χ1v) is 6.70. The van der Waals surface area contributed by atoms with Crippen LogP contribution in [0.4, 0.5) is 4.79 Å². The largest absolute Gasteiger partial charge is 0.413 e. The number of benzene rings is 2. The molecular formula is C17H17NO3. The molecule has 0 saturated heterocycles. The minimum Gasteiger partial charge on any atom is -0.410 e. The molecule has 1 atom stereocenters. The van der Waals surface area contributed by atoms with Crippen LogP contribution >= 0.6 is 0 Å². The smallest absolute Gasteiger partial charge is 0.410 e. The van der Waals surface area contributed by atoms with E-state index in [1.165, 1.54) is 6.92 Å². The summed E-state index contributed by atoms with van der Waals surface area (Å²) in [7, 11) is 0. The zero-order chi connectivity index (χ0) is 15.2. The highest BCUT2D eigenvalue weighted by Gasteiger charge is 2.11. The summed E-state index contributed by atoms with van der Waals surface area (Å²) in [5.74, 6) is 0.277. The fourth-order valence-corrected chi connectivity index (χ4v) is 1.92. The van der Waals surface area contributed by atoms with Gasteiger partial charge in [-0.1, -0.05) is 42.5 Å². The van der Waals surface area contributed by atoms with E-state index < -0.39 is 6.09 Å². The maximum absolute atomic E-state index is 11.9. The lowest BCUT2D eigenvalue weighted by molar-refractivity contribution is 0.101. The third kappa shape index (κ3) is 4.18. The summed E-state index contributed by atoms with van der Waals surface area (Å²) in [6.07, 6.45) is -0.549. The average Bonchev–Trinajstić information content (AvgIpc) is 2.48. The van der Waals surface area contributed by atoms with Gasteiger partial charge in [-0.3, -0.25) is 4.79 Å². The molecule has 21 heavy (non-hydrogen) atoms. The Hall–Kier alpha value is -2.62. The molecule has 0 aliphatic rings. The van der Waals surface area contributed by atoms with Gasteiger partial charge in [0.25, 0.3) is 0 Å². The number of carbonyl (C=O) groups is 2. The van der Waals surface area contributed by atoms with E-state index in [1.807, 2.05) is 37.3 Å². The van der Waals surface area contributed by atoms with Crippen molar-refractivity contribution in [1.29, 1.82) is 0 Å². The molecule has 0 aliphatic carbocycles. The predicted octanol–water partition coefficient (Wildman–Crippen LogP) is 3.74. The second-order valence-electron chi connectivity index (χ2n) is 4.75. The molecule has 0 radical (unpaired) electrons. The van der Waals surface area contributed by atoms with Crippen LogP contribution in [0.25, 0.3) is 0 Å². The van der Waals surface area contributed by atoms with Crippen molar-refractivity contribution in [2.24, 2.45) is 0 Å². The van der Waals surface area contributed by atoms with Crippen molar-refractivity contribution < 1.29 is 14.3 Å². The Balaban J connectivity index is 1.99. The fraction of sp³-hybridized carbons (Fsp3) is 0.176. The summed E-state index contributed by atoms with van der Waals surface area (Å²) in [4.78, 5) is 23.1. The van der Waals surface area contributed by atoms with Crippen LogP contribution in [0.3, 0.4) is 0 Å². The first-order chi connectivity index (χ1) is 10.1. The van der Waals surface area contributed by atoms with Crippen LogP contribution in [0.2, 0.25) is 0 Å². The summed E-state index contributed by atoms with van der Waals surface area (Å²) in [5, 5.41) is 2.75. The third-order valence-corrected chi connectivity index (χ3v) is 3.09. The van der Waals surface area contributed by atoms with Gasteiger partial charge in [-0.25, -0.2) is 4.79 Å². The Morgan fingerprint density at radius 1 is 1.05 bits per heavy atom. The standard InChI is InChI=1S/C17H17NO3/c1-12(14-7-4-3-5-8-14)18-17(20)21-16-10-6-9-15(11-16)13(2)19/h3-12H,1-2H3,(H,18,20)/t12-/m0/s1. The van der Waals surface area contributed by atoms with Gasteiger partial charge in [-0.05, 0) is 31.5 Å². The minimum atomic E-state index is -0.549. The van der Waals surface area contributed by atoms with Gasteiger partial charge in [-0.2, -0.15) is 0 Å². The van der Waals surface area contributed by atoms with Gasteiger partial charge >= 0.3 is 6.09 Å². The molecule has 0 saturated carbocycles. The molecule has 2 aromatic carbocycles. The molecule has 1 N–H and O–H groups in total. The summed E-state index contributed by atoms with van der Waals surface area (Å²) >= 11 is 0. The highest BCUT2D eigenvalue weighted by atomic mass is 16.6. The van der Waals surface area contributed by atoms with E-state index >= 15 is 0 Å². The predicted molar refractivity (Wildman–Crippen MR) is 80.5 cm³/mol. The second-order valence-corrected chi connectivity index (χ2v) is 4.75. The van der Waals surface area contributed by atoms with E-state index in [9.17, 15) is 9.59 Å². The molecule has 0 spiro atoms. The number of nitrogens with one attached hydrogen (secondary N) is 1. The Bertz CT molecular complexity index is 637. The maximum Gasteiger partial charge on any atom is 0.413 e. The summed E-state index contributed by atoms with van der Waals surface area (Å²) in [5.41, 5.74) is 1.50. The van der Waals surface area contributed by atoms with E-state index in [2.05, 4.69) is 5.32 Å². The number of Topliss-reactive ketones (excluding diaryl/α,β-unsaturated/α-hetero) is 1. The fourth-order valence-electron chi connectivity index (χ4n) is 1.92. The van der Waals surface area contributed by atoms with Crippen LogP contribution in [0, 0.1) is 0 Å². The van der Waals surface area contributed by atoms with Gasteiger partial charge in [0, 0.05) is 5.56 Å². The first kappa shape index (κ1) is 14.8. The Labute approximate surface area is 123 Å². The van der Waals surface area contributed by atoms with E-state index in [0.717, 1.165) is 5.56 Å². The van der Waals surface area contributed by atoms with E-state index in [-0.39, 0.29) is 11.8 Å². The molecule has 4 heteroatoms. The van der Waals surface area contributed by atoms with E-state index in [4.69, 9.17) is 4.74 Å². The molecule has 1 amide bonds. The molecule has 108 valence electrons. The van der Waals surface area contributed by atoms with Crippen LogP contribution in [0.1, 0.15) is 35.8 Å². The normalized spacial score (nSPS) is 11.5. The van der Waals surface area contributed by atoms with Crippen molar-refractivity contribution in [3.05, 3.63) is 65.7 Å². The van der Waals surface area contributed by atoms with Crippen LogP contribution in [-0.2, 0) is 0 Å².